The highest BCUT2D eigenvalue weighted by Gasteiger charge is 2.30. The molecule has 0 aliphatic rings. The maximum absolute atomic E-state index is 12.6. The van der Waals surface area contributed by atoms with Gasteiger partial charge in [-0.3, -0.25) is 4.79 Å². The zero-order chi connectivity index (χ0) is 15.6. The number of benzene rings is 2. The van der Waals surface area contributed by atoms with E-state index in [9.17, 15) is 18.0 Å². The van der Waals surface area contributed by atoms with Crippen molar-refractivity contribution in [2.24, 2.45) is 0 Å². The van der Waals surface area contributed by atoms with Gasteiger partial charge in [0, 0.05) is 15.7 Å². The number of amides is 1. The van der Waals surface area contributed by atoms with Gasteiger partial charge >= 0.3 is 6.18 Å². The van der Waals surface area contributed by atoms with Gasteiger partial charge in [-0.05, 0) is 42.8 Å². The number of hydrogen-bond donors (Lipinski definition) is 1. The minimum atomic E-state index is -4.47. The van der Waals surface area contributed by atoms with Crippen LogP contribution in [0.1, 0.15) is 21.5 Å². The molecule has 2 aromatic carbocycles. The Morgan fingerprint density at radius 1 is 1.14 bits per heavy atom. The Balaban J connectivity index is 2.22. The van der Waals surface area contributed by atoms with E-state index in [0.717, 1.165) is 22.2 Å². The summed E-state index contributed by atoms with van der Waals surface area (Å²) in [5.74, 6) is -0.586. The molecule has 0 bridgehead atoms. The summed E-state index contributed by atoms with van der Waals surface area (Å²) >= 11 is 3.33. The fourth-order valence-electron chi connectivity index (χ4n) is 1.71. The molecule has 0 aliphatic carbocycles. The van der Waals surface area contributed by atoms with Crippen LogP contribution in [-0.4, -0.2) is 5.91 Å². The number of carbonyl (C=O) groups excluding carboxylic acids is 1. The van der Waals surface area contributed by atoms with Crippen molar-refractivity contribution in [3.63, 3.8) is 0 Å². The molecule has 0 radical (unpaired) electrons. The molecule has 21 heavy (non-hydrogen) atoms. The van der Waals surface area contributed by atoms with Gasteiger partial charge in [-0.1, -0.05) is 28.1 Å². The third-order valence-corrected chi connectivity index (χ3v) is 3.74. The largest absolute Gasteiger partial charge is 0.416 e. The molecule has 110 valence electrons. The lowest BCUT2D eigenvalue weighted by molar-refractivity contribution is -0.137. The highest BCUT2D eigenvalue weighted by atomic mass is 79.9. The number of rotatable bonds is 2. The summed E-state index contributed by atoms with van der Waals surface area (Å²) in [6, 6.07) is 9.49. The highest BCUT2D eigenvalue weighted by molar-refractivity contribution is 9.10. The van der Waals surface area contributed by atoms with Gasteiger partial charge in [-0.2, -0.15) is 13.2 Å². The normalized spacial score (nSPS) is 11.3. The van der Waals surface area contributed by atoms with Crippen molar-refractivity contribution >= 4 is 27.5 Å². The van der Waals surface area contributed by atoms with E-state index in [1.54, 1.807) is 18.2 Å². The Bertz CT molecular complexity index is 683. The standard InChI is InChI=1S/C15H11BrF3NO/c1-9-5-6-12(8-13(9)16)20-14(21)10-3-2-4-11(7-10)15(17,18)19/h2-8H,1H3,(H,20,21). The van der Waals surface area contributed by atoms with E-state index in [1.165, 1.54) is 12.1 Å². The van der Waals surface area contributed by atoms with Crippen LogP contribution in [0.3, 0.4) is 0 Å². The lowest BCUT2D eigenvalue weighted by Gasteiger charge is -2.10. The van der Waals surface area contributed by atoms with Crippen LogP contribution in [0, 0.1) is 6.92 Å². The van der Waals surface area contributed by atoms with Crippen molar-refractivity contribution in [2.75, 3.05) is 5.32 Å². The quantitative estimate of drug-likeness (QED) is 0.802. The first-order valence-corrected chi connectivity index (χ1v) is 6.81. The monoisotopic (exact) mass is 357 g/mol. The average Bonchev–Trinajstić information content (AvgIpc) is 2.42. The number of hydrogen-bond acceptors (Lipinski definition) is 1. The second-order valence-corrected chi connectivity index (χ2v) is 5.35. The Kier molecular flexibility index (Phi) is 4.37. The summed E-state index contributed by atoms with van der Waals surface area (Å²) in [5.41, 5.74) is 0.615. The maximum atomic E-state index is 12.6. The van der Waals surface area contributed by atoms with Crippen molar-refractivity contribution in [3.05, 3.63) is 63.6 Å². The van der Waals surface area contributed by atoms with Gasteiger partial charge in [0.2, 0.25) is 0 Å². The molecule has 0 saturated carbocycles. The molecule has 0 spiro atoms. The molecule has 1 amide bonds. The summed E-state index contributed by atoms with van der Waals surface area (Å²) in [6.45, 7) is 1.89. The van der Waals surface area contributed by atoms with E-state index in [-0.39, 0.29) is 5.56 Å². The molecule has 0 unspecified atom stereocenters. The van der Waals surface area contributed by atoms with Crippen molar-refractivity contribution in [1.29, 1.82) is 0 Å². The van der Waals surface area contributed by atoms with Gasteiger partial charge in [0.15, 0.2) is 0 Å². The van der Waals surface area contributed by atoms with E-state index < -0.39 is 17.6 Å². The first kappa shape index (κ1) is 15.6. The summed E-state index contributed by atoms with van der Waals surface area (Å²) in [6.07, 6.45) is -4.47. The molecular weight excluding hydrogens is 347 g/mol. The fraction of sp³-hybridized carbons (Fsp3) is 0.133. The van der Waals surface area contributed by atoms with Crippen LogP contribution in [0.5, 0.6) is 0 Å². The summed E-state index contributed by atoms with van der Waals surface area (Å²) in [7, 11) is 0. The first-order chi connectivity index (χ1) is 9.77. The van der Waals surface area contributed by atoms with Crippen LogP contribution in [0.4, 0.5) is 18.9 Å². The lowest BCUT2D eigenvalue weighted by atomic mass is 10.1. The van der Waals surface area contributed by atoms with Crippen LogP contribution in [0.2, 0.25) is 0 Å². The number of nitrogens with one attached hydrogen (secondary N) is 1. The Labute approximate surface area is 128 Å². The Hall–Kier alpha value is -1.82. The molecule has 0 aliphatic heterocycles. The number of aryl methyl sites for hydroxylation is 1. The predicted molar refractivity (Wildman–Crippen MR) is 78.3 cm³/mol. The van der Waals surface area contributed by atoms with Crippen LogP contribution < -0.4 is 5.32 Å². The highest BCUT2D eigenvalue weighted by Crippen LogP contribution is 2.29. The molecule has 2 nitrogen and oxygen atoms in total. The lowest BCUT2D eigenvalue weighted by Crippen LogP contribution is -2.14. The number of alkyl halides is 3. The topological polar surface area (TPSA) is 29.1 Å². The molecule has 0 saturated heterocycles. The summed E-state index contributed by atoms with van der Waals surface area (Å²) in [5, 5.41) is 2.57. The molecule has 0 heterocycles. The van der Waals surface area contributed by atoms with Crippen molar-refractivity contribution in [2.45, 2.75) is 13.1 Å². The van der Waals surface area contributed by atoms with E-state index in [0.29, 0.717) is 5.69 Å². The molecule has 6 heteroatoms. The molecule has 2 aromatic rings. The minimum absolute atomic E-state index is 0.0403. The maximum Gasteiger partial charge on any atom is 0.416 e. The average molecular weight is 358 g/mol. The summed E-state index contributed by atoms with van der Waals surface area (Å²) in [4.78, 5) is 12.0. The third-order valence-electron chi connectivity index (χ3n) is 2.88. The van der Waals surface area contributed by atoms with Crippen LogP contribution in [-0.2, 0) is 6.18 Å². The number of halogens is 4. The second kappa shape index (κ2) is 5.89. The van der Waals surface area contributed by atoms with Gasteiger partial charge in [-0.15, -0.1) is 0 Å². The smallest absolute Gasteiger partial charge is 0.322 e. The fourth-order valence-corrected chi connectivity index (χ4v) is 2.09. The summed E-state index contributed by atoms with van der Waals surface area (Å²) < 4.78 is 38.7. The van der Waals surface area contributed by atoms with E-state index in [2.05, 4.69) is 21.2 Å². The van der Waals surface area contributed by atoms with Crippen molar-refractivity contribution < 1.29 is 18.0 Å². The number of carbonyl (C=O) groups is 1. The van der Waals surface area contributed by atoms with Crippen molar-refractivity contribution in [1.82, 2.24) is 0 Å². The van der Waals surface area contributed by atoms with Gasteiger partial charge in [0.05, 0.1) is 5.56 Å². The Morgan fingerprint density at radius 3 is 2.48 bits per heavy atom. The predicted octanol–water partition coefficient (Wildman–Crippen LogP) is 5.03. The molecule has 0 fully saturated rings. The van der Waals surface area contributed by atoms with Crippen LogP contribution in [0.15, 0.2) is 46.9 Å². The second-order valence-electron chi connectivity index (χ2n) is 4.50. The SMILES string of the molecule is Cc1ccc(NC(=O)c2cccc(C(F)(F)F)c2)cc1Br. The zero-order valence-corrected chi connectivity index (χ0v) is 12.5. The van der Waals surface area contributed by atoms with Gasteiger partial charge < -0.3 is 5.32 Å². The molecule has 2 rings (SSSR count). The molecule has 0 aromatic heterocycles. The van der Waals surface area contributed by atoms with Crippen molar-refractivity contribution in [3.8, 4) is 0 Å². The molecule has 1 N–H and O–H groups in total. The van der Waals surface area contributed by atoms with Crippen LogP contribution >= 0.6 is 15.9 Å². The van der Waals surface area contributed by atoms with Gasteiger partial charge in [0.25, 0.3) is 5.91 Å². The van der Waals surface area contributed by atoms with E-state index in [4.69, 9.17) is 0 Å². The van der Waals surface area contributed by atoms with Gasteiger partial charge in [-0.25, -0.2) is 0 Å². The number of anilines is 1. The Morgan fingerprint density at radius 2 is 1.86 bits per heavy atom. The zero-order valence-electron chi connectivity index (χ0n) is 11.0. The molecular formula is C15H11BrF3NO. The first-order valence-electron chi connectivity index (χ1n) is 6.02. The third kappa shape index (κ3) is 3.85. The van der Waals surface area contributed by atoms with E-state index >= 15 is 0 Å². The van der Waals surface area contributed by atoms with Crippen LogP contribution in [0.25, 0.3) is 0 Å². The minimum Gasteiger partial charge on any atom is -0.322 e. The van der Waals surface area contributed by atoms with Gasteiger partial charge in [0.1, 0.15) is 0 Å². The molecule has 0 atom stereocenters. The van der Waals surface area contributed by atoms with E-state index in [1.807, 2.05) is 6.92 Å².